The van der Waals surface area contributed by atoms with Crippen molar-refractivity contribution >= 4 is 51.5 Å². The summed E-state index contributed by atoms with van der Waals surface area (Å²) in [4.78, 5) is 31.4. The van der Waals surface area contributed by atoms with Gasteiger partial charge in [0, 0.05) is 52.9 Å². The van der Waals surface area contributed by atoms with Gasteiger partial charge in [0.15, 0.2) is 0 Å². The van der Waals surface area contributed by atoms with Gasteiger partial charge in [-0.2, -0.15) is 0 Å². The zero-order valence-corrected chi connectivity index (χ0v) is 28.7. The number of amides is 1. The number of carbonyl (C=O) groups excluding carboxylic acids is 1. The summed E-state index contributed by atoms with van der Waals surface area (Å²) in [7, 11) is 0. The van der Waals surface area contributed by atoms with E-state index in [4.69, 9.17) is 37.9 Å². The number of rotatable bonds is 7. The molecule has 49 heavy (non-hydrogen) atoms. The number of nitrogens with zero attached hydrogens (tertiary/aromatic N) is 6. The standard InChI is InChI=1S/C27H22Cl2N4.C10H14N4O2/c1-17(2)30-24-16-27-25(15-23(24)31-20-11-7-18(28)8-12-20)32-22-5-3-4-6-26(22)33(27)21-13-9-19(29)10-14-21;15-10(9-7-11-1-2-12-9)13-8-14-3-5-16-6-4-14/h3-17,31H,1-2H3;1-2,7H,3-6,8H2,(H,13,15). The Morgan fingerprint density at radius 2 is 1.65 bits per heavy atom. The van der Waals surface area contributed by atoms with E-state index in [1.165, 1.54) is 12.4 Å². The maximum atomic E-state index is 11.6. The van der Waals surface area contributed by atoms with E-state index in [1.807, 2.05) is 66.7 Å². The van der Waals surface area contributed by atoms with E-state index in [9.17, 15) is 4.79 Å². The highest BCUT2D eigenvalue weighted by Gasteiger charge is 2.17. The first kappa shape index (κ1) is 34.0. The minimum atomic E-state index is -0.195. The first-order chi connectivity index (χ1) is 23.8. The van der Waals surface area contributed by atoms with Crippen LogP contribution in [0.2, 0.25) is 10.0 Å². The summed E-state index contributed by atoms with van der Waals surface area (Å²) in [5.74, 6) is -0.195. The molecule has 250 valence electrons. The van der Waals surface area contributed by atoms with Gasteiger partial charge in [0.05, 0.1) is 59.5 Å². The van der Waals surface area contributed by atoms with Crippen molar-refractivity contribution in [2.75, 3.05) is 38.3 Å². The van der Waals surface area contributed by atoms with Crippen LogP contribution in [0.5, 0.6) is 0 Å². The van der Waals surface area contributed by atoms with Crippen molar-refractivity contribution in [3.63, 3.8) is 0 Å². The van der Waals surface area contributed by atoms with Crippen LogP contribution >= 0.6 is 23.2 Å². The zero-order chi connectivity index (χ0) is 34.2. The molecule has 1 aliphatic carbocycles. The fourth-order valence-electron chi connectivity index (χ4n) is 5.33. The van der Waals surface area contributed by atoms with Gasteiger partial charge in [0.1, 0.15) is 5.69 Å². The smallest absolute Gasteiger partial charge is 0.272 e. The lowest BCUT2D eigenvalue weighted by molar-refractivity contribution is 0.0334. The highest BCUT2D eigenvalue weighted by molar-refractivity contribution is 6.30. The minimum Gasteiger partial charge on any atom is -0.379 e. The number of nitrogens with one attached hydrogen (secondary N) is 2. The summed E-state index contributed by atoms with van der Waals surface area (Å²) in [6.07, 6.45) is 4.50. The highest BCUT2D eigenvalue weighted by Crippen LogP contribution is 2.31. The van der Waals surface area contributed by atoms with E-state index >= 15 is 0 Å². The van der Waals surface area contributed by atoms with Crippen molar-refractivity contribution < 1.29 is 9.53 Å². The SMILES string of the molecule is CC(C)N=c1cc2n(-c3ccc(Cl)cc3)c3ccccc3nc-2cc1Nc1ccc(Cl)cc1.O=C(NCN1CCOCC1)c1cnccn1. The molecule has 7 rings (SSSR count). The van der Waals surface area contributed by atoms with Crippen LogP contribution in [0.15, 0.2) is 109 Å². The third-order valence-electron chi connectivity index (χ3n) is 7.67. The van der Waals surface area contributed by atoms with Crippen molar-refractivity contribution in [2.45, 2.75) is 19.9 Å². The van der Waals surface area contributed by atoms with Crippen molar-refractivity contribution in [3.05, 3.63) is 125 Å². The molecule has 3 heterocycles. The van der Waals surface area contributed by atoms with E-state index in [2.05, 4.69) is 62.1 Å². The summed E-state index contributed by atoms with van der Waals surface area (Å²) in [6, 6.07) is 27.9. The fourth-order valence-corrected chi connectivity index (χ4v) is 5.59. The number of para-hydroxylation sites is 2. The summed E-state index contributed by atoms with van der Waals surface area (Å²) in [6.45, 7) is 7.81. The van der Waals surface area contributed by atoms with Crippen LogP contribution in [0.25, 0.3) is 28.1 Å². The molecule has 0 spiro atoms. The second-order valence-corrected chi connectivity index (χ2v) is 12.5. The topological polar surface area (TPSA) is 110 Å². The Hall–Kier alpha value is -4.87. The second kappa shape index (κ2) is 16.0. The number of fused-ring (bicyclic) bond motifs is 2. The van der Waals surface area contributed by atoms with Crippen LogP contribution in [0.4, 0.5) is 11.4 Å². The quantitative estimate of drug-likeness (QED) is 0.174. The molecule has 0 unspecified atom stereocenters. The van der Waals surface area contributed by atoms with Crippen molar-refractivity contribution in [1.29, 1.82) is 0 Å². The Bertz CT molecular complexity index is 2050. The van der Waals surface area contributed by atoms with Crippen LogP contribution in [-0.2, 0) is 4.74 Å². The summed E-state index contributed by atoms with van der Waals surface area (Å²) in [5.41, 5.74) is 6.94. The van der Waals surface area contributed by atoms with Gasteiger partial charge in [0.2, 0.25) is 0 Å². The van der Waals surface area contributed by atoms with Gasteiger partial charge in [-0.1, -0.05) is 35.3 Å². The van der Waals surface area contributed by atoms with Gasteiger partial charge >= 0.3 is 0 Å². The minimum absolute atomic E-state index is 0.130. The number of hydrogen-bond acceptors (Lipinski definition) is 8. The molecule has 3 aliphatic rings. The Morgan fingerprint density at radius 3 is 2.35 bits per heavy atom. The first-order valence-corrected chi connectivity index (χ1v) is 16.7. The lowest BCUT2D eigenvalue weighted by atomic mass is 10.1. The molecule has 10 nitrogen and oxygen atoms in total. The Morgan fingerprint density at radius 1 is 0.939 bits per heavy atom. The zero-order valence-electron chi connectivity index (χ0n) is 27.2. The number of aromatic nitrogens is 4. The van der Waals surface area contributed by atoms with Gasteiger partial charge in [-0.3, -0.25) is 19.7 Å². The molecule has 2 aliphatic heterocycles. The van der Waals surface area contributed by atoms with Gasteiger partial charge in [0.25, 0.3) is 5.91 Å². The first-order valence-electron chi connectivity index (χ1n) is 16.0. The van der Waals surface area contributed by atoms with Crippen LogP contribution in [0.1, 0.15) is 24.3 Å². The van der Waals surface area contributed by atoms with Crippen molar-refractivity contribution in [1.82, 2.24) is 29.7 Å². The maximum Gasteiger partial charge on any atom is 0.272 e. The summed E-state index contributed by atoms with van der Waals surface area (Å²) in [5, 5.41) is 8.56. The summed E-state index contributed by atoms with van der Waals surface area (Å²) >= 11 is 12.2. The number of halogens is 2. The molecule has 1 fully saturated rings. The second-order valence-electron chi connectivity index (χ2n) is 11.6. The van der Waals surface area contributed by atoms with Gasteiger partial charge in [-0.05, 0) is 86.6 Å². The molecule has 1 saturated heterocycles. The predicted molar refractivity (Wildman–Crippen MR) is 195 cm³/mol. The molecule has 0 bridgehead atoms. The van der Waals surface area contributed by atoms with E-state index in [1.54, 1.807) is 6.20 Å². The number of hydrogen-bond donors (Lipinski definition) is 2. The summed E-state index contributed by atoms with van der Waals surface area (Å²) < 4.78 is 7.42. The predicted octanol–water partition coefficient (Wildman–Crippen LogP) is 6.99. The number of morpholine rings is 1. The largest absolute Gasteiger partial charge is 0.379 e. The molecule has 3 aromatic carbocycles. The molecule has 0 radical (unpaired) electrons. The molecular formula is C37H36Cl2N8O2. The molecule has 0 atom stereocenters. The maximum absolute atomic E-state index is 11.6. The number of benzene rings is 4. The lowest BCUT2D eigenvalue weighted by Crippen LogP contribution is -2.43. The van der Waals surface area contributed by atoms with Crippen LogP contribution < -0.4 is 16.0 Å². The third kappa shape index (κ3) is 8.79. The Kier molecular flexibility index (Phi) is 11.1. The number of anilines is 2. The van der Waals surface area contributed by atoms with Crippen LogP contribution in [-0.4, -0.2) is 69.3 Å². The Balaban J connectivity index is 0.000000218. The fraction of sp³-hybridized carbons (Fsp3) is 0.216. The van der Waals surface area contributed by atoms with Gasteiger partial charge < -0.3 is 19.9 Å². The number of ether oxygens (including phenoxy) is 1. The molecule has 0 saturated carbocycles. The lowest BCUT2D eigenvalue weighted by Gasteiger charge is -2.26. The third-order valence-corrected chi connectivity index (χ3v) is 8.17. The van der Waals surface area contributed by atoms with Gasteiger partial charge in [-0.25, -0.2) is 9.97 Å². The monoisotopic (exact) mass is 694 g/mol. The van der Waals surface area contributed by atoms with Gasteiger partial charge in [-0.15, -0.1) is 0 Å². The van der Waals surface area contributed by atoms with E-state index in [0.29, 0.717) is 22.4 Å². The van der Waals surface area contributed by atoms with Crippen molar-refractivity contribution in [2.24, 2.45) is 4.99 Å². The number of carbonyl (C=O) groups is 1. The highest BCUT2D eigenvalue weighted by atomic mass is 35.5. The molecule has 4 aromatic rings. The van der Waals surface area contributed by atoms with Crippen molar-refractivity contribution in [3.8, 4) is 17.1 Å². The Labute approximate surface area is 294 Å². The molecule has 1 amide bonds. The molecule has 12 heteroatoms. The normalized spacial score (nSPS) is 13.7. The molecule has 1 aromatic heterocycles. The van der Waals surface area contributed by atoms with Crippen LogP contribution in [0, 0.1) is 0 Å². The molecular weight excluding hydrogens is 659 g/mol. The van der Waals surface area contributed by atoms with Crippen LogP contribution in [0.3, 0.4) is 0 Å². The van der Waals surface area contributed by atoms with E-state index < -0.39 is 0 Å². The van der Waals surface area contributed by atoms with E-state index in [-0.39, 0.29) is 11.9 Å². The average Bonchev–Trinajstić information content (AvgIpc) is 3.12. The average molecular weight is 696 g/mol. The van der Waals surface area contributed by atoms with E-state index in [0.717, 1.165) is 71.1 Å². The molecule has 2 N–H and O–H groups in total.